The maximum Gasteiger partial charge on any atom is 0.123 e. The molecule has 5 nitrogen and oxygen atoms in total. The van der Waals surface area contributed by atoms with Gasteiger partial charge in [0.15, 0.2) is 0 Å². The number of hydrogen-bond donors (Lipinski definition) is 0. The molecule has 3 aromatic carbocycles. The summed E-state index contributed by atoms with van der Waals surface area (Å²) in [6.07, 6.45) is 3.53. The van der Waals surface area contributed by atoms with Crippen LogP contribution in [-0.4, -0.2) is 98.2 Å². The molecule has 0 N–H and O–H groups in total. The van der Waals surface area contributed by atoms with Gasteiger partial charge in [0.25, 0.3) is 0 Å². The molecule has 2 saturated heterocycles. The number of hydrogen-bond acceptors (Lipinski definition) is 5. The lowest BCUT2D eigenvalue weighted by Gasteiger charge is -2.43. The molecule has 0 unspecified atom stereocenters. The summed E-state index contributed by atoms with van der Waals surface area (Å²) < 4.78 is 19.2. The van der Waals surface area contributed by atoms with Gasteiger partial charge in [0.2, 0.25) is 0 Å². The molecule has 6 heteroatoms. The van der Waals surface area contributed by atoms with Gasteiger partial charge in [-0.1, -0.05) is 36.4 Å². The van der Waals surface area contributed by atoms with Crippen molar-refractivity contribution in [3.05, 3.63) is 77.6 Å². The highest BCUT2D eigenvalue weighted by atomic mass is 19.1. The standard InChI is InChI=1S/C34H47FN4O/c1-27(2)38-21-23-39(24-22-38)34(30-10-13-31(35)14-11-30)26-37-19-17-36(18-20-37)16-5-4-7-28-8-6-9-29-12-15-32(40-3)25-33(28)29/h6,8-15,25,27,34H,4-5,7,16-24,26H2,1-3H3/t34-/m1/s1. The van der Waals surface area contributed by atoms with E-state index in [4.69, 9.17) is 4.74 Å². The third kappa shape index (κ3) is 7.41. The van der Waals surface area contributed by atoms with Crippen molar-refractivity contribution in [2.75, 3.05) is 72.6 Å². The van der Waals surface area contributed by atoms with E-state index in [2.05, 4.69) is 63.8 Å². The number of methoxy groups -OCH3 is 1. The van der Waals surface area contributed by atoms with Crippen LogP contribution in [0.15, 0.2) is 60.7 Å². The fraction of sp³-hybridized carbons (Fsp3) is 0.529. The summed E-state index contributed by atoms with van der Waals surface area (Å²) in [5, 5.41) is 2.60. The molecule has 216 valence electrons. The molecule has 2 fully saturated rings. The summed E-state index contributed by atoms with van der Waals surface area (Å²) in [6.45, 7) is 15.6. The molecular formula is C34H47FN4O. The zero-order valence-corrected chi connectivity index (χ0v) is 24.7. The van der Waals surface area contributed by atoms with Gasteiger partial charge in [-0.05, 0) is 85.8 Å². The smallest absolute Gasteiger partial charge is 0.123 e. The second kappa shape index (κ2) is 13.9. The van der Waals surface area contributed by atoms with E-state index in [-0.39, 0.29) is 5.82 Å². The molecule has 2 heterocycles. The predicted molar refractivity (Wildman–Crippen MR) is 164 cm³/mol. The van der Waals surface area contributed by atoms with Crippen molar-refractivity contribution in [3.8, 4) is 5.75 Å². The van der Waals surface area contributed by atoms with Gasteiger partial charge >= 0.3 is 0 Å². The van der Waals surface area contributed by atoms with Crippen molar-refractivity contribution in [2.24, 2.45) is 0 Å². The highest BCUT2D eigenvalue weighted by molar-refractivity contribution is 5.87. The van der Waals surface area contributed by atoms with E-state index in [0.717, 1.165) is 71.1 Å². The van der Waals surface area contributed by atoms with Crippen molar-refractivity contribution in [1.29, 1.82) is 0 Å². The van der Waals surface area contributed by atoms with E-state index < -0.39 is 0 Å². The van der Waals surface area contributed by atoms with Crippen LogP contribution >= 0.6 is 0 Å². The Morgan fingerprint density at radius 3 is 2.17 bits per heavy atom. The van der Waals surface area contributed by atoms with Crippen LogP contribution in [-0.2, 0) is 6.42 Å². The number of piperazine rings is 2. The van der Waals surface area contributed by atoms with E-state index in [1.54, 1.807) is 19.2 Å². The Bertz CT molecular complexity index is 1200. The number of benzene rings is 3. The van der Waals surface area contributed by atoms with Crippen molar-refractivity contribution in [2.45, 2.75) is 45.2 Å². The number of ether oxygens (including phenoxy) is 1. The first-order valence-electron chi connectivity index (χ1n) is 15.2. The monoisotopic (exact) mass is 546 g/mol. The Kier molecular flexibility index (Phi) is 10.1. The summed E-state index contributed by atoms with van der Waals surface area (Å²) in [7, 11) is 1.74. The number of aryl methyl sites for hydroxylation is 1. The molecule has 0 saturated carbocycles. The lowest BCUT2D eigenvalue weighted by molar-refractivity contribution is 0.0480. The van der Waals surface area contributed by atoms with Crippen LogP contribution in [0.3, 0.4) is 0 Å². The Morgan fingerprint density at radius 2 is 1.48 bits per heavy atom. The minimum Gasteiger partial charge on any atom is -0.497 e. The molecule has 2 aliphatic rings. The van der Waals surface area contributed by atoms with Crippen molar-refractivity contribution >= 4 is 10.8 Å². The topological polar surface area (TPSA) is 22.2 Å². The van der Waals surface area contributed by atoms with Crippen LogP contribution < -0.4 is 4.74 Å². The summed E-state index contributed by atoms with van der Waals surface area (Å²) in [5.41, 5.74) is 2.66. The molecule has 0 aromatic heterocycles. The molecule has 1 atom stereocenters. The first kappa shape index (κ1) is 29.0. The summed E-state index contributed by atoms with van der Waals surface area (Å²) in [6, 6.07) is 21.2. The minimum atomic E-state index is -0.152. The molecule has 5 rings (SSSR count). The Morgan fingerprint density at radius 1 is 0.775 bits per heavy atom. The van der Waals surface area contributed by atoms with E-state index in [1.165, 1.54) is 41.3 Å². The SMILES string of the molecule is COc1ccc2cccc(CCCCN3CCN(C[C@H](c4ccc(F)cc4)N4CCN(C(C)C)CC4)CC3)c2c1. The zero-order valence-electron chi connectivity index (χ0n) is 24.7. The first-order chi connectivity index (χ1) is 19.5. The number of halogens is 1. The van der Waals surface area contributed by atoms with Crippen LogP contribution in [0, 0.1) is 5.82 Å². The van der Waals surface area contributed by atoms with Crippen LogP contribution in [0.5, 0.6) is 5.75 Å². The largest absolute Gasteiger partial charge is 0.497 e. The van der Waals surface area contributed by atoms with Gasteiger partial charge in [0, 0.05) is 71.0 Å². The van der Waals surface area contributed by atoms with E-state index >= 15 is 0 Å². The second-order valence-electron chi connectivity index (χ2n) is 11.8. The first-order valence-corrected chi connectivity index (χ1v) is 15.2. The zero-order chi connectivity index (χ0) is 27.9. The van der Waals surface area contributed by atoms with Crippen molar-refractivity contribution in [1.82, 2.24) is 19.6 Å². The van der Waals surface area contributed by atoms with Gasteiger partial charge < -0.3 is 9.64 Å². The fourth-order valence-corrected chi connectivity index (χ4v) is 6.43. The molecule has 3 aromatic rings. The fourth-order valence-electron chi connectivity index (χ4n) is 6.43. The number of nitrogens with zero attached hydrogens (tertiary/aromatic N) is 4. The molecule has 2 aliphatic heterocycles. The summed E-state index contributed by atoms with van der Waals surface area (Å²) >= 11 is 0. The van der Waals surface area contributed by atoms with Gasteiger partial charge in [-0.15, -0.1) is 0 Å². The lowest BCUT2D eigenvalue weighted by Crippen LogP contribution is -2.53. The quantitative estimate of drug-likeness (QED) is 0.287. The van der Waals surface area contributed by atoms with Gasteiger partial charge in [0.1, 0.15) is 11.6 Å². The van der Waals surface area contributed by atoms with E-state index in [0.29, 0.717) is 12.1 Å². The van der Waals surface area contributed by atoms with Gasteiger partial charge in [-0.25, -0.2) is 4.39 Å². The van der Waals surface area contributed by atoms with Crippen molar-refractivity contribution in [3.63, 3.8) is 0 Å². The molecule has 0 aliphatic carbocycles. The Labute approximate surface area is 240 Å². The highest BCUT2D eigenvalue weighted by Gasteiger charge is 2.29. The molecule has 0 amide bonds. The molecule has 0 radical (unpaired) electrons. The highest BCUT2D eigenvalue weighted by Crippen LogP contribution is 2.27. The molecule has 0 spiro atoms. The summed E-state index contributed by atoms with van der Waals surface area (Å²) in [4.78, 5) is 10.5. The number of rotatable bonds is 11. The second-order valence-corrected chi connectivity index (χ2v) is 11.8. The average Bonchev–Trinajstić information content (AvgIpc) is 2.99. The van der Waals surface area contributed by atoms with Gasteiger partial charge in [0.05, 0.1) is 7.11 Å². The van der Waals surface area contributed by atoms with E-state index in [1.807, 2.05) is 18.2 Å². The molecule has 40 heavy (non-hydrogen) atoms. The van der Waals surface area contributed by atoms with Crippen LogP contribution in [0.2, 0.25) is 0 Å². The molecular weight excluding hydrogens is 499 g/mol. The Hall–Kier alpha value is -2.51. The predicted octanol–water partition coefficient (Wildman–Crippen LogP) is 5.70. The van der Waals surface area contributed by atoms with Crippen LogP contribution in [0.1, 0.15) is 43.9 Å². The average molecular weight is 547 g/mol. The lowest BCUT2D eigenvalue weighted by atomic mass is 10.00. The maximum absolute atomic E-state index is 13.7. The number of unbranched alkanes of at least 4 members (excludes halogenated alkanes) is 1. The Balaban J connectivity index is 1.10. The minimum absolute atomic E-state index is 0.152. The van der Waals surface area contributed by atoms with Gasteiger partial charge in [-0.3, -0.25) is 14.7 Å². The van der Waals surface area contributed by atoms with E-state index in [9.17, 15) is 4.39 Å². The third-order valence-corrected chi connectivity index (χ3v) is 9.02. The van der Waals surface area contributed by atoms with Crippen LogP contribution in [0.4, 0.5) is 4.39 Å². The summed E-state index contributed by atoms with van der Waals surface area (Å²) in [5.74, 6) is 0.776. The van der Waals surface area contributed by atoms with Crippen molar-refractivity contribution < 1.29 is 9.13 Å². The number of fused-ring (bicyclic) bond motifs is 1. The van der Waals surface area contributed by atoms with Gasteiger partial charge in [-0.2, -0.15) is 0 Å². The normalized spacial score (nSPS) is 18.9. The maximum atomic E-state index is 13.7. The van der Waals surface area contributed by atoms with Crippen LogP contribution in [0.25, 0.3) is 10.8 Å². The third-order valence-electron chi connectivity index (χ3n) is 9.02. The molecule has 0 bridgehead atoms.